The molecule has 1 aromatic rings. The van der Waals surface area contributed by atoms with Crippen LogP contribution in [0.4, 0.5) is 0 Å². The van der Waals surface area contributed by atoms with E-state index in [9.17, 15) is 4.79 Å². The lowest BCUT2D eigenvalue weighted by molar-refractivity contribution is -0.130. The summed E-state index contributed by atoms with van der Waals surface area (Å²) in [6.45, 7) is 6.04. The van der Waals surface area contributed by atoms with Crippen molar-refractivity contribution in [2.75, 3.05) is 0 Å². The van der Waals surface area contributed by atoms with Crippen molar-refractivity contribution in [3.63, 3.8) is 0 Å². The summed E-state index contributed by atoms with van der Waals surface area (Å²) in [4.78, 5) is 13.8. The van der Waals surface area contributed by atoms with Crippen molar-refractivity contribution in [2.24, 2.45) is 12.8 Å². The third kappa shape index (κ3) is 1.95. The molecule has 1 amide bonds. The van der Waals surface area contributed by atoms with Gasteiger partial charge in [0.1, 0.15) is 0 Å². The van der Waals surface area contributed by atoms with E-state index in [2.05, 4.69) is 5.10 Å². The molecule has 0 unspecified atom stereocenters. The second kappa shape index (κ2) is 4.14. The van der Waals surface area contributed by atoms with Gasteiger partial charge in [0.05, 0.1) is 11.7 Å². The van der Waals surface area contributed by atoms with Gasteiger partial charge in [-0.05, 0) is 26.3 Å². The van der Waals surface area contributed by atoms with Gasteiger partial charge in [0.15, 0.2) is 0 Å². The molecule has 5 nitrogen and oxygen atoms in total. The zero-order chi connectivity index (χ0) is 12.7. The lowest BCUT2D eigenvalue weighted by Crippen LogP contribution is -2.38. The Hall–Kier alpha value is -1.36. The lowest BCUT2D eigenvalue weighted by Gasteiger charge is -2.29. The SMILES string of the molecule is Cc1cn(C)nc1[C@@H]1[C@@H](N)CC(=O)N1C(C)C. The Labute approximate surface area is 102 Å². The predicted octanol–water partition coefficient (Wildman–Crippen LogP) is 0.738. The van der Waals surface area contributed by atoms with Crippen LogP contribution in [-0.2, 0) is 11.8 Å². The van der Waals surface area contributed by atoms with Crippen LogP contribution in [0.2, 0.25) is 0 Å². The molecule has 1 aliphatic rings. The summed E-state index contributed by atoms with van der Waals surface area (Å²) in [6, 6.07) is -0.0790. The van der Waals surface area contributed by atoms with E-state index in [4.69, 9.17) is 5.73 Å². The van der Waals surface area contributed by atoms with Gasteiger partial charge < -0.3 is 10.6 Å². The molecule has 2 heterocycles. The van der Waals surface area contributed by atoms with Crippen molar-refractivity contribution in [3.05, 3.63) is 17.5 Å². The van der Waals surface area contributed by atoms with Gasteiger partial charge in [-0.2, -0.15) is 5.10 Å². The largest absolute Gasteiger partial charge is 0.330 e. The number of amides is 1. The van der Waals surface area contributed by atoms with Crippen molar-refractivity contribution in [2.45, 2.75) is 45.3 Å². The summed E-state index contributed by atoms with van der Waals surface area (Å²) in [7, 11) is 1.89. The molecule has 17 heavy (non-hydrogen) atoms. The molecule has 2 atom stereocenters. The molecular weight excluding hydrogens is 216 g/mol. The summed E-state index contributed by atoms with van der Waals surface area (Å²) >= 11 is 0. The van der Waals surface area contributed by atoms with E-state index in [0.717, 1.165) is 11.3 Å². The fourth-order valence-corrected chi connectivity index (χ4v) is 2.64. The molecule has 0 bridgehead atoms. The minimum atomic E-state index is -0.154. The average molecular weight is 236 g/mol. The monoisotopic (exact) mass is 236 g/mol. The molecular formula is C12H20N4O. The number of rotatable bonds is 2. The van der Waals surface area contributed by atoms with Gasteiger partial charge in [-0.3, -0.25) is 9.48 Å². The topological polar surface area (TPSA) is 64.2 Å². The van der Waals surface area contributed by atoms with Crippen molar-refractivity contribution in [1.82, 2.24) is 14.7 Å². The fourth-order valence-electron chi connectivity index (χ4n) is 2.64. The van der Waals surface area contributed by atoms with E-state index in [1.54, 1.807) is 4.68 Å². The summed E-state index contributed by atoms with van der Waals surface area (Å²) < 4.78 is 1.78. The van der Waals surface area contributed by atoms with Gasteiger partial charge in [-0.15, -0.1) is 0 Å². The van der Waals surface area contributed by atoms with E-state index >= 15 is 0 Å². The second-order valence-corrected chi connectivity index (χ2v) is 5.08. The summed E-state index contributed by atoms with van der Waals surface area (Å²) in [5.41, 5.74) is 8.12. The van der Waals surface area contributed by atoms with Gasteiger partial charge in [-0.25, -0.2) is 0 Å². The van der Waals surface area contributed by atoms with Gasteiger partial charge in [0.25, 0.3) is 0 Å². The minimum Gasteiger partial charge on any atom is -0.330 e. The average Bonchev–Trinajstić information content (AvgIpc) is 2.66. The van der Waals surface area contributed by atoms with Crippen LogP contribution in [0.3, 0.4) is 0 Å². The third-order valence-electron chi connectivity index (χ3n) is 3.29. The highest BCUT2D eigenvalue weighted by Crippen LogP contribution is 2.34. The molecule has 0 aromatic carbocycles. The molecule has 0 radical (unpaired) electrons. The molecule has 1 aromatic heterocycles. The quantitative estimate of drug-likeness (QED) is 0.823. The minimum absolute atomic E-state index is 0.0799. The molecule has 2 rings (SSSR count). The van der Waals surface area contributed by atoms with Gasteiger partial charge >= 0.3 is 0 Å². The molecule has 0 aliphatic carbocycles. The molecule has 1 saturated heterocycles. The maximum absolute atomic E-state index is 11.9. The van der Waals surface area contributed by atoms with Crippen LogP contribution in [0.25, 0.3) is 0 Å². The first-order valence-corrected chi connectivity index (χ1v) is 5.98. The number of nitrogens with zero attached hydrogens (tertiary/aromatic N) is 3. The van der Waals surface area contributed by atoms with Crippen LogP contribution in [0.5, 0.6) is 0 Å². The van der Waals surface area contributed by atoms with Crippen LogP contribution in [-0.4, -0.2) is 32.7 Å². The molecule has 1 aliphatic heterocycles. The first kappa shape index (κ1) is 12.1. The third-order valence-corrected chi connectivity index (χ3v) is 3.29. The van der Waals surface area contributed by atoms with Crippen molar-refractivity contribution in [3.8, 4) is 0 Å². The number of likely N-dealkylation sites (tertiary alicyclic amines) is 1. The molecule has 5 heteroatoms. The van der Waals surface area contributed by atoms with Crippen LogP contribution in [0.15, 0.2) is 6.20 Å². The number of carbonyl (C=O) groups is 1. The fraction of sp³-hybridized carbons (Fsp3) is 0.667. The molecule has 2 N–H and O–H groups in total. The molecule has 94 valence electrons. The van der Waals surface area contributed by atoms with Gasteiger partial charge in [0, 0.05) is 31.7 Å². The summed E-state index contributed by atoms with van der Waals surface area (Å²) in [5.74, 6) is 0.127. The maximum atomic E-state index is 11.9. The number of nitrogens with two attached hydrogens (primary N) is 1. The summed E-state index contributed by atoms with van der Waals surface area (Å²) in [6.07, 6.45) is 2.38. The van der Waals surface area contributed by atoms with Crippen molar-refractivity contribution < 1.29 is 4.79 Å². The number of aromatic nitrogens is 2. The van der Waals surface area contributed by atoms with E-state index in [1.807, 2.05) is 38.9 Å². The standard InChI is InChI=1S/C12H20N4O/c1-7(2)16-10(17)5-9(13)12(16)11-8(3)6-15(4)14-11/h6-7,9,12H,5,13H2,1-4H3/t9-,12-/m0/s1. The zero-order valence-corrected chi connectivity index (χ0v) is 10.8. The Balaban J connectivity index is 2.41. The number of aryl methyl sites for hydroxylation is 2. The number of hydrogen-bond acceptors (Lipinski definition) is 3. The van der Waals surface area contributed by atoms with Crippen LogP contribution in [0.1, 0.15) is 37.6 Å². The van der Waals surface area contributed by atoms with E-state index in [1.165, 1.54) is 0 Å². The van der Waals surface area contributed by atoms with Crippen molar-refractivity contribution in [1.29, 1.82) is 0 Å². The van der Waals surface area contributed by atoms with Gasteiger partial charge in [0.2, 0.25) is 5.91 Å². The lowest BCUT2D eigenvalue weighted by atomic mass is 10.0. The Kier molecular flexibility index (Phi) is 2.95. The normalized spacial score (nSPS) is 25.1. The first-order chi connectivity index (χ1) is 7.91. The Morgan fingerprint density at radius 1 is 1.53 bits per heavy atom. The van der Waals surface area contributed by atoms with E-state index in [-0.39, 0.29) is 24.0 Å². The Morgan fingerprint density at radius 3 is 2.65 bits per heavy atom. The molecule has 1 fully saturated rings. The van der Waals surface area contributed by atoms with Crippen LogP contribution < -0.4 is 5.73 Å². The van der Waals surface area contributed by atoms with E-state index in [0.29, 0.717) is 6.42 Å². The molecule has 0 spiro atoms. The van der Waals surface area contributed by atoms with Crippen molar-refractivity contribution >= 4 is 5.91 Å². The van der Waals surface area contributed by atoms with Gasteiger partial charge in [-0.1, -0.05) is 0 Å². The Bertz CT molecular complexity index is 438. The highest BCUT2D eigenvalue weighted by molar-refractivity contribution is 5.80. The first-order valence-electron chi connectivity index (χ1n) is 5.98. The number of hydrogen-bond donors (Lipinski definition) is 1. The second-order valence-electron chi connectivity index (χ2n) is 5.08. The summed E-state index contributed by atoms with van der Waals surface area (Å²) in [5, 5.41) is 4.45. The van der Waals surface area contributed by atoms with Crippen LogP contribution in [0, 0.1) is 6.92 Å². The van der Waals surface area contributed by atoms with E-state index < -0.39 is 0 Å². The maximum Gasteiger partial charge on any atom is 0.225 e. The Morgan fingerprint density at radius 2 is 2.18 bits per heavy atom. The smallest absolute Gasteiger partial charge is 0.225 e. The van der Waals surface area contributed by atoms with Crippen LogP contribution >= 0.6 is 0 Å². The number of carbonyl (C=O) groups excluding carboxylic acids is 1. The predicted molar refractivity (Wildman–Crippen MR) is 65.3 cm³/mol. The highest BCUT2D eigenvalue weighted by Gasteiger charge is 2.41. The zero-order valence-electron chi connectivity index (χ0n) is 10.8. The molecule has 0 saturated carbocycles. The highest BCUT2D eigenvalue weighted by atomic mass is 16.2.